The number of carbonyl (C=O) groups excluding carboxylic acids is 1. The van der Waals surface area contributed by atoms with Crippen LogP contribution in [0.4, 0.5) is 10.5 Å². The highest BCUT2D eigenvalue weighted by Gasteiger charge is 2.27. The summed E-state index contributed by atoms with van der Waals surface area (Å²) in [6, 6.07) is 7.86. The molecule has 2 N–H and O–H groups in total. The number of aliphatic hydroxyl groups is 1. The maximum Gasteiger partial charge on any atom is 0.321 e. The lowest BCUT2D eigenvalue weighted by molar-refractivity contribution is 0.0464. The molecule has 5 heteroatoms. The minimum Gasteiger partial charge on any atom is -0.391 e. The van der Waals surface area contributed by atoms with Crippen LogP contribution in [-0.2, 0) is 5.75 Å². The van der Waals surface area contributed by atoms with Gasteiger partial charge in [-0.2, -0.15) is 11.8 Å². The van der Waals surface area contributed by atoms with Crippen LogP contribution in [0, 0.1) is 5.92 Å². The number of rotatable bonds is 4. The van der Waals surface area contributed by atoms with Crippen LogP contribution >= 0.6 is 11.8 Å². The fourth-order valence-electron chi connectivity index (χ4n) is 2.44. The lowest BCUT2D eigenvalue weighted by Crippen LogP contribution is -2.47. The molecule has 0 aliphatic carbocycles. The first-order chi connectivity index (χ1) is 10.5. The number of benzene rings is 1. The van der Waals surface area contributed by atoms with E-state index in [1.165, 1.54) is 5.56 Å². The van der Waals surface area contributed by atoms with Gasteiger partial charge in [0.15, 0.2) is 0 Å². The van der Waals surface area contributed by atoms with Crippen molar-refractivity contribution in [3.8, 4) is 0 Å². The number of anilines is 1. The largest absolute Gasteiger partial charge is 0.391 e. The van der Waals surface area contributed by atoms with Crippen LogP contribution in [0.5, 0.6) is 0 Å². The fraction of sp³-hybridized carbons (Fsp3) is 0.588. The minimum absolute atomic E-state index is 0.125. The SMILES string of the molecule is CC(C)SCc1cccc(NC(=O)N2CCC(C)C(O)C2)c1. The van der Waals surface area contributed by atoms with E-state index in [-0.39, 0.29) is 11.9 Å². The number of β-amino-alcohol motifs (C(OH)–C–C–N with tert-alkyl or cyclic N) is 1. The van der Waals surface area contributed by atoms with E-state index >= 15 is 0 Å². The molecule has 2 atom stereocenters. The number of nitrogens with one attached hydrogen (secondary N) is 1. The highest BCUT2D eigenvalue weighted by atomic mass is 32.2. The Hall–Kier alpha value is -1.20. The third kappa shape index (κ3) is 4.92. The Morgan fingerprint density at radius 1 is 1.50 bits per heavy atom. The van der Waals surface area contributed by atoms with Crippen LogP contribution in [0.25, 0.3) is 0 Å². The molecule has 2 unspecified atom stereocenters. The van der Waals surface area contributed by atoms with Crippen molar-refractivity contribution in [3.05, 3.63) is 29.8 Å². The fourth-order valence-corrected chi connectivity index (χ4v) is 3.14. The molecular formula is C17H26N2O2S. The number of thioether (sulfide) groups is 1. The highest BCUT2D eigenvalue weighted by Crippen LogP contribution is 2.21. The number of nitrogens with zero attached hydrogens (tertiary/aromatic N) is 1. The van der Waals surface area contributed by atoms with Crippen molar-refractivity contribution in [1.29, 1.82) is 0 Å². The standard InChI is InChI=1S/C17H26N2O2S/c1-12(2)22-11-14-5-4-6-15(9-14)18-17(21)19-8-7-13(3)16(20)10-19/h4-6,9,12-13,16,20H,7-8,10-11H2,1-3H3,(H,18,21). The van der Waals surface area contributed by atoms with Crippen molar-refractivity contribution in [2.75, 3.05) is 18.4 Å². The van der Waals surface area contributed by atoms with Gasteiger partial charge in [-0.25, -0.2) is 4.79 Å². The van der Waals surface area contributed by atoms with Gasteiger partial charge in [0.1, 0.15) is 0 Å². The number of carbonyl (C=O) groups is 1. The Balaban J connectivity index is 1.92. The van der Waals surface area contributed by atoms with Gasteiger partial charge in [-0.05, 0) is 35.3 Å². The lowest BCUT2D eigenvalue weighted by atomic mass is 9.96. The van der Waals surface area contributed by atoms with Crippen molar-refractivity contribution >= 4 is 23.5 Å². The van der Waals surface area contributed by atoms with Crippen LogP contribution in [0.3, 0.4) is 0 Å². The number of likely N-dealkylation sites (tertiary alicyclic amines) is 1. The number of aliphatic hydroxyl groups excluding tert-OH is 1. The summed E-state index contributed by atoms with van der Waals surface area (Å²) in [6.45, 7) is 7.50. The summed E-state index contributed by atoms with van der Waals surface area (Å²) in [5.41, 5.74) is 2.03. The maximum absolute atomic E-state index is 12.3. The van der Waals surface area contributed by atoms with E-state index in [1.807, 2.05) is 36.9 Å². The van der Waals surface area contributed by atoms with E-state index < -0.39 is 6.10 Å². The van der Waals surface area contributed by atoms with Gasteiger partial charge in [0.25, 0.3) is 0 Å². The Morgan fingerprint density at radius 3 is 2.95 bits per heavy atom. The molecule has 2 rings (SSSR count). The summed E-state index contributed by atoms with van der Waals surface area (Å²) in [5, 5.41) is 13.4. The van der Waals surface area contributed by atoms with Crippen LogP contribution < -0.4 is 5.32 Å². The Morgan fingerprint density at radius 2 is 2.27 bits per heavy atom. The summed E-state index contributed by atoms with van der Waals surface area (Å²) in [7, 11) is 0. The van der Waals surface area contributed by atoms with Crippen LogP contribution in [0.1, 0.15) is 32.8 Å². The van der Waals surface area contributed by atoms with E-state index in [1.54, 1.807) is 4.90 Å². The molecule has 0 aromatic heterocycles. The van der Waals surface area contributed by atoms with Crippen molar-refractivity contribution in [2.45, 2.75) is 44.3 Å². The van der Waals surface area contributed by atoms with Gasteiger partial charge >= 0.3 is 6.03 Å². The maximum atomic E-state index is 12.3. The van der Waals surface area contributed by atoms with E-state index in [9.17, 15) is 9.90 Å². The third-order valence-corrected chi connectivity index (χ3v) is 5.13. The van der Waals surface area contributed by atoms with Gasteiger partial charge in [0, 0.05) is 24.5 Å². The molecule has 1 aliphatic rings. The lowest BCUT2D eigenvalue weighted by Gasteiger charge is -2.34. The van der Waals surface area contributed by atoms with E-state index in [0.717, 1.165) is 17.9 Å². The van der Waals surface area contributed by atoms with E-state index in [0.29, 0.717) is 18.3 Å². The topological polar surface area (TPSA) is 52.6 Å². The van der Waals surface area contributed by atoms with Crippen molar-refractivity contribution < 1.29 is 9.90 Å². The Labute approximate surface area is 137 Å². The second-order valence-corrected chi connectivity index (χ2v) is 7.83. The van der Waals surface area contributed by atoms with Crippen molar-refractivity contribution in [2.24, 2.45) is 5.92 Å². The van der Waals surface area contributed by atoms with Crippen molar-refractivity contribution in [3.63, 3.8) is 0 Å². The molecule has 0 radical (unpaired) electrons. The first-order valence-corrected chi connectivity index (χ1v) is 8.95. The van der Waals surface area contributed by atoms with Crippen molar-refractivity contribution in [1.82, 2.24) is 4.90 Å². The molecule has 2 amide bonds. The molecule has 1 fully saturated rings. The van der Waals surface area contributed by atoms with Gasteiger partial charge in [-0.15, -0.1) is 0 Å². The normalized spacial score (nSPS) is 22.0. The van der Waals surface area contributed by atoms with E-state index in [2.05, 4.69) is 25.2 Å². The molecular weight excluding hydrogens is 296 g/mol. The number of urea groups is 1. The van der Waals surface area contributed by atoms with Crippen LogP contribution in [0.15, 0.2) is 24.3 Å². The number of amides is 2. The molecule has 1 aliphatic heterocycles. The Bertz CT molecular complexity index is 507. The molecule has 122 valence electrons. The predicted molar refractivity (Wildman–Crippen MR) is 93.3 cm³/mol. The molecule has 1 aromatic rings. The zero-order chi connectivity index (χ0) is 16.1. The second kappa shape index (κ2) is 7.88. The number of hydrogen-bond donors (Lipinski definition) is 2. The number of piperidine rings is 1. The molecule has 4 nitrogen and oxygen atoms in total. The summed E-state index contributed by atoms with van der Waals surface area (Å²) >= 11 is 1.88. The summed E-state index contributed by atoms with van der Waals surface area (Å²) in [6.07, 6.45) is 0.424. The van der Waals surface area contributed by atoms with Crippen LogP contribution in [0.2, 0.25) is 0 Å². The van der Waals surface area contributed by atoms with Gasteiger partial charge in [-0.1, -0.05) is 32.9 Å². The molecule has 1 heterocycles. The quantitative estimate of drug-likeness (QED) is 0.891. The Kier molecular flexibility index (Phi) is 6.15. The summed E-state index contributed by atoms with van der Waals surface area (Å²) < 4.78 is 0. The van der Waals surface area contributed by atoms with E-state index in [4.69, 9.17) is 0 Å². The minimum atomic E-state index is -0.423. The second-order valence-electron chi connectivity index (χ2n) is 6.27. The molecule has 22 heavy (non-hydrogen) atoms. The molecule has 1 aromatic carbocycles. The number of hydrogen-bond acceptors (Lipinski definition) is 3. The average Bonchev–Trinajstić information content (AvgIpc) is 2.48. The highest BCUT2D eigenvalue weighted by molar-refractivity contribution is 7.99. The monoisotopic (exact) mass is 322 g/mol. The van der Waals surface area contributed by atoms with Gasteiger partial charge in [0.05, 0.1) is 6.10 Å². The van der Waals surface area contributed by atoms with Crippen LogP contribution in [-0.4, -0.2) is 40.5 Å². The molecule has 0 spiro atoms. The van der Waals surface area contributed by atoms with Gasteiger partial charge < -0.3 is 15.3 Å². The first kappa shape index (κ1) is 17.2. The predicted octanol–water partition coefficient (Wildman–Crippen LogP) is 3.56. The zero-order valence-corrected chi connectivity index (χ0v) is 14.4. The third-order valence-electron chi connectivity index (χ3n) is 3.97. The first-order valence-electron chi connectivity index (χ1n) is 7.90. The average molecular weight is 322 g/mol. The summed E-state index contributed by atoms with van der Waals surface area (Å²) in [5.74, 6) is 1.21. The van der Waals surface area contributed by atoms with Gasteiger partial charge in [-0.3, -0.25) is 0 Å². The molecule has 1 saturated heterocycles. The summed E-state index contributed by atoms with van der Waals surface area (Å²) in [4.78, 5) is 14.0. The zero-order valence-electron chi connectivity index (χ0n) is 13.6. The van der Waals surface area contributed by atoms with Gasteiger partial charge in [0.2, 0.25) is 0 Å². The molecule has 0 saturated carbocycles. The smallest absolute Gasteiger partial charge is 0.321 e. The molecule has 0 bridgehead atoms.